The van der Waals surface area contributed by atoms with Gasteiger partial charge in [-0.3, -0.25) is 0 Å². The highest BCUT2D eigenvalue weighted by molar-refractivity contribution is 7.07. The van der Waals surface area contributed by atoms with Crippen molar-refractivity contribution in [2.24, 2.45) is 0 Å². The first kappa shape index (κ1) is 13.4. The predicted molar refractivity (Wildman–Crippen MR) is 74.8 cm³/mol. The summed E-state index contributed by atoms with van der Waals surface area (Å²) in [6.07, 6.45) is -0.749. The first-order valence-electron chi connectivity index (χ1n) is 6.18. The van der Waals surface area contributed by atoms with Crippen molar-refractivity contribution in [3.63, 3.8) is 0 Å². The van der Waals surface area contributed by atoms with E-state index in [1.54, 1.807) is 17.8 Å². The fourth-order valence-corrected chi connectivity index (χ4v) is 2.31. The van der Waals surface area contributed by atoms with Gasteiger partial charge in [0.2, 0.25) is 6.10 Å². The normalized spacial score (nSPS) is 12.0. The first-order valence-corrected chi connectivity index (χ1v) is 7.12. The van der Waals surface area contributed by atoms with Gasteiger partial charge in [0.05, 0.1) is 5.51 Å². The van der Waals surface area contributed by atoms with Crippen LogP contribution >= 0.6 is 11.3 Å². The van der Waals surface area contributed by atoms with Crippen LogP contribution in [0.2, 0.25) is 0 Å². The van der Waals surface area contributed by atoms with Crippen molar-refractivity contribution in [2.75, 3.05) is 0 Å². The summed E-state index contributed by atoms with van der Waals surface area (Å²) in [4.78, 5) is 20.2. The third kappa shape index (κ3) is 2.97. The van der Waals surface area contributed by atoms with Crippen molar-refractivity contribution in [3.05, 3.63) is 64.2 Å². The summed E-state index contributed by atoms with van der Waals surface area (Å²) in [5, 5.41) is 5.37. The number of thiazole rings is 1. The van der Waals surface area contributed by atoms with Gasteiger partial charge >= 0.3 is 5.97 Å². The van der Waals surface area contributed by atoms with E-state index >= 15 is 0 Å². The number of carbonyl (C=O) groups is 1. The van der Waals surface area contributed by atoms with Crippen LogP contribution in [0.25, 0.3) is 0 Å². The molecular formula is C14H11N3O3S. The molecule has 0 radical (unpaired) electrons. The van der Waals surface area contributed by atoms with Gasteiger partial charge < -0.3 is 9.26 Å². The molecule has 3 rings (SSSR count). The smallest absolute Gasteiger partial charge is 0.358 e. The van der Waals surface area contributed by atoms with Crippen LogP contribution in [0.15, 0.2) is 45.7 Å². The van der Waals surface area contributed by atoms with Crippen LogP contribution in [0, 0.1) is 6.92 Å². The molecule has 0 bridgehead atoms. The molecule has 2 heterocycles. The van der Waals surface area contributed by atoms with Gasteiger partial charge in [-0.1, -0.05) is 35.5 Å². The average molecular weight is 301 g/mol. The molecule has 6 nitrogen and oxygen atoms in total. The van der Waals surface area contributed by atoms with Crippen LogP contribution in [-0.4, -0.2) is 21.1 Å². The molecule has 0 saturated heterocycles. The molecule has 7 heteroatoms. The van der Waals surface area contributed by atoms with E-state index in [9.17, 15) is 4.79 Å². The molecule has 0 fully saturated rings. The van der Waals surface area contributed by atoms with Crippen LogP contribution in [0.5, 0.6) is 0 Å². The quantitative estimate of drug-likeness (QED) is 0.689. The summed E-state index contributed by atoms with van der Waals surface area (Å²) in [6, 6.07) is 9.24. The summed E-state index contributed by atoms with van der Waals surface area (Å²) >= 11 is 1.33. The third-order valence-electron chi connectivity index (χ3n) is 2.74. The van der Waals surface area contributed by atoms with Gasteiger partial charge in [-0.25, -0.2) is 9.78 Å². The molecule has 0 N–H and O–H groups in total. The highest BCUT2D eigenvalue weighted by atomic mass is 32.1. The summed E-state index contributed by atoms with van der Waals surface area (Å²) in [6.45, 7) is 1.71. The minimum Gasteiger partial charge on any atom is -0.443 e. The number of carbonyl (C=O) groups excluding carboxylic acids is 1. The molecule has 0 saturated carbocycles. The minimum absolute atomic E-state index is 0.238. The zero-order chi connectivity index (χ0) is 14.7. The van der Waals surface area contributed by atoms with Crippen LogP contribution < -0.4 is 0 Å². The zero-order valence-electron chi connectivity index (χ0n) is 11.1. The maximum atomic E-state index is 12.1. The first-order chi connectivity index (χ1) is 10.2. The average Bonchev–Trinajstić information content (AvgIpc) is 3.17. The minimum atomic E-state index is -0.749. The second kappa shape index (κ2) is 5.84. The Kier molecular flexibility index (Phi) is 3.74. The highest BCUT2D eigenvalue weighted by Crippen LogP contribution is 2.25. The molecule has 0 amide bonds. The van der Waals surface area contributed by atoms with Crippen molar-refractivity contribution in [2.45, 2.75) is 13.0 Å². The van der Waals surface area contributed by atoms with E-state index < -0.39 is 12.1 Å². The molecule has 0 aliphatic rings. The Morgan fingerprint density at radius 3 is 2.76 bits per heavy atom. The lowest BCUT2D eigenvalue weighted by Gasteiger charge is -2.13. The van der Waals surface area contributed by atoms with Crippen molar-refractivity contribution < 1.29 is 14.1 Å². The summed E-state index contributed by atoms with van der Waals surface area (Å²) in [5.41, 5.74) is 2.59. The van der Waals surface area contributed by atoms with Gasteiger partial charge in [-0.15, -0.1) is 11.3 Å². The van der Waals surface area contributed by atoms with Crippen LogP contribution in [-0.2, 0) is 4.74 Å². The SMILES string of the molecule is Cc1noc(C(OC(=O)c2cscn2)c2ccccc2)n1. The Morgan fingerprint density at radius 2 is 2.14 bits per heavy atom. The summed E-state index contributed by atoms with van der Waals surface area (Å²) in [5.74, 6) is 0.193. The fourth-order valence-electron chi connectivity index (χ4n) is 1.79. The fraction of sp³-hybridized carbons (Fsp3) is 0.143. The van der Waals surface area contributed by atoms with Crippen molar-refractivity contribution >= 4 is 17.3 Å². The molecular weight excluding hydrogens is 290 g/mol. The molecule has 1 unspecified atom stereocenters. The lowest BCUT2D eigenvalue weighted by Crippen LogP contribution is -2.13. The maximum Gasteiger partial charge on any atom is 0.358 e. The van der Waals surface area contributed by atoms with Gasteiger partial charge in [0.25, 0.3) is 5.89 Å². The Labute approximate surface area is 124 Å². The molecule has 1 aromatic carbocycles. The van der Waals surface area contributed by atoms with Gasteiger partial charge in [-0.05, 0) is 6.92 Å². The molecule has 0 spiro atoms. The van der Waals surface area contributed by atoms with Crippen molar-refractivity contribution in [3.8, 4) is 0 Å². The van der Waals surface area contributed by atoms with E-state index in [1.807, 2.05) is 30.3 Å². The van der Waals surface area contributed by atoms with E-state index in [-0.39, 0.29) is 11.6 Å². The maximum absolute atomic E-state index is 12.1. The Morgan fingerprint density at radius 1 is 1.33 bits per heavy atom. The van der Waals surface area contributed by atoms with Gasteiger partial charge in [0.15, 0.2) is 11.5 Å². The largest absolute Gasteiger partial charge is 0.443 e. The van der Waals surface area contributed by atoms with Gasteiger partial charge in [0, 0.05) is 10.9 Å². The van der Waals surface area contributed by atoms with E-state index in [0.717, 1.165) is 5.56 Å². The Bertz CT molecular complexity index is 725. The monoisotopic (exact) mass is 301 g/mol. The van der Waals surface area contributed by atoms with E-state index in [0.29, 0.717) is 5.82 Å². The Balaban J connectivity index is 1.91. The summed E-state index contributed by atoms with van der Waals surface area (Å²) in [7, 11) is 0. The summed E-state index contributed by atoms with van der Waals surface area (Å²) < 4.78 is 10.6. The molecule has 3 aromatic rings. The number of hydrogen-bond acceptors (Lipinski definition) is 7. The number of aryl methyl sites for hydroxylation is 1. The molecule has 1 atom stereocenters. The number of rotatable bonds is 4. The highest BCUT2D eigenvalue weighted by Gasteiger charge is 2.26. The molecule has 0 aliphatic carbocycles. The molecule has 106 valence electrons. The van der Waals surface area contributed by atoms with Crippen LogP contribution in [0.4, 0.5) is 0 Å². The third-order valence-corrected chi connectivity index (χ3v) is 3.32. The van der Waals surface area contributed by atoms with Crippen molar-refractivity contribution in [1.82, 2.24) is 15.1 Å². The topological polar surface area (TPSA) is 78.1 Å². The van der Waals surface area contributed by atoms with Gasteiger partial charge in [-0.2, -0.15) is 4.98 Å². The van der Waals surface area contributed by atoms with Crippen molar-refractivity contribution in [1.29, 1.82) is 0 Å². The van der Waals surface area contributed by atoms with E-state index in [2.05, 4.69) is 15.1 Å². The van der Waals surface area contributed by atoms with Crippen LogP contribution in [0.1, 0.15) is 33.9 Å². The van der Waals surface area contributed by atoms with E-state index in [1.165, 1.54) is 11.3 Å². The predicted octanol–water partition coefficient (Wildman–Crippen LogP) is 2.78. The molecule has 21 heavy (non-hydrogen) atoms. The molecule has 2 aromatic heterocycles. The number of benzene rings is 1. The molecule has 0 aliphatic heterocycles. The number of aromatic nitrogens is 3. The van der Waals surface area contributed by atoms with E-state index in [4.69, 9.17) is 9.26 Å². The standard InChI is InChI=1S/C14H11N3O3S/c1-9-16-13(20-17-9)12(10-5-3-2-4-6-10)19-14(18)11-7-21-8-15-11/h2-8,12H,1H3. The zero-order valence-corrected chi connectivity index (χ0v) is 11.9. The lowest BCUT2D eigenvalue weighted by molar-refractivity contribution is 0.0309. The second-order valence-corrected chi connectivity index (χ2v) is 4.97. The number of nitrogens with zero attached hydrogens (tertiary/aromatic N) is 3. The number of ether oxygens (including phenoxy) is 1. The lowest BCUT2D eigenvalue weighted by atomic mass is 10.1. The number of hydrogen-bond donors (Lipinski definition) is 0. The number of esters is 1. The van der Waals surface area contributed by atoms with Gasteiger partial charge in [0.1, 0.15) is 0 Å². The van der Waals surface area contributed by atoms with Crippen LogP contribution in [0.3, 0.4) is 0 Å². The second-order valence-electron chi connectivity index (χ2n) is 4.25. The Hall–Kier alpha value is -2.54.